The SMILES string of the molecule is CC(=O)Nc1ccccc1OCC(Cl)C#N. The molecular formula is C11H11ClN2O2. The standard InChI is InChI=1S/C11H11ClN2O2/c1-8(15)14-10-4-2-3-5-11(10)16-7-9(12)6-13/h2-5,9H,7H2,1H3,(H,14,15). The normalized spacial score (nSPS) is 11.3. The summed E-state index contributed by atoms with van der Waals surface area (Å²) < 4.78 is 5.32. The van der Waals surface area contributed by atoms with Crippen LogP contribution < -0.4 is 10.1 Å². The highest BCUT2D eigenvalue weighted by Gasteiger charge is 2.07. The fraction of sp³-hybridized carbons (Fsp3) is 0.273. The van der Waals surface area contributed by atoms with E-state index in [1.807, 2.05) is 6.07 Å². The van der Waals surface area contributed by atoms with Crippen LogP contribution in [0.4, 0.5) is 5.69 Å². The van der Waals surface area contributed by atoms with Crippen molar-refractivity contribution in [3.8, 4) is 11.8 Å². The Morgan fingerprint density at radius 1 is 1.62 bits per heavy atom. The Labute approximate surface area is 98.8 Å². The number of alkyl halides is 1. The lowest BCUT2D eigenvalue weighted by atomic mass is 10.3. The van der Waals surface area contributed by atoms with Gasteiger partial charge in [-0.2, -0.15) is 5.26 Å². The third-order valence-corrected chi connectivity index (χ3v) is 1.95. The summed E-state index contributed by atoms with van der Waals surface area (Å²) in [5.74, 6) is 0.317. The molecule has 1 atom stereocenters. The molecule has 1 N–H and O–H groups in total. The topological polar surface area (TPSA) is 62.1 Å². The zero-order valence-corrected chi connectivity index (χ0v) is 9.49. The number of ether oxygens (including phenoxy) is 1. The molecule has 0 spiro atoms. The molecule has 1 aromatic carbocycles. The number of amides is 1. The molecule has 1 unspecified atom stereocenters. The molecule has 0 aliphatic rings. The van der Waals surface area contributed by atoms with Crippen LogP contribution in [0.1, 0.15) is 6.92 Å². The minimum absolute atomic E-state index is 0.0780. The predicted molar refractivity (Wildman–Crippen MR) is 61.5 cm³/mol. The number of para-hydroxylation sites is 2. The minimum Gasteiger partial charge on any atom is -0.489 e. The van der Waals surface area contributed by atoms with Gasteiger partial charge < -0.3 is 10.1 Å². The first kappa shape index (κ1) is 12.3. The van der Waals surface area contributed by atoms with Gasteiger partial charge in [-0.15, -0.1) is 11.6 Å². The van der Waals surface area contributed by atoms with E-state index in [0.717, 1.165) is 0 Å². The summed E-state index contributed by atoms with van der Waals surface area (Å²) in [5.41, 5.74) is 0.566. The Hall–Kier alpha value is -1.73. The maximum Gasteiger partial charge on any atom is 0.221 e. The van der Waals surface area contributed by atoms with Gasteiger partial charge in [0.15, 0.2) is 5.38 Å². The van der Waals surface area contributed by atoms with E-state index in [4.69, 9.17) is 21.6 Å². The number of carbonyl (C=O) groups excluding carboxylic acids is 1. The number of nitriles is 1. The number of rotatable bonds is 4. The fourth-order valence-corrected chi connectivity index (χ4v) is 1.15. The number of nitrogens with zero attached hydrogens (tertiary/aromatic N) is 1. The third kappa shape index (κ3) is 3.79. The van der Waals surface area contributed by atoms with Gasteiger partial charge in [0.05, 0.1) is 11.8 Å². The van der Waals surface area contributed by atoms with Crippen molar-refractivity contribution in [3.63, 3.8) is 0 Å². The van der Waals surface area contributed by atoms with Crippen molar-refractivity contribution in [1.29, 1.82) is 5.26 Å². The molecular weight excluding hydrogens is 228 g/mol. The largest absolute Gasteiger partial charge is 0.489 e. The number of halogens is 1. The van der Waals surface area contributed by atoms with Gasteiger partial charge in [-0.1, -0.05) is 12.1 Å². The maximum atomic E-state index is 10.9. The summed E-state index contributed by atoms with van der Waals surface area (Å²) >= 11 is 5.60. The van der Waals surface area contributed by atoms with Crippen LogP contribution in [0.2, 0.25) is 0 Å². The minimum atomic E-state index is -0.703. The van der Waals surface area contributed by atoms with Crippen LogP contribution in [0.25, 0.3) is 0 Å². The number of nitrogens with one attached hydrogen (secondary N) is 1. The summed E-state index contributed by atoms with van der Waals surface area (Å²) in [4.78, 5) is 10.9. The monoisotopic (exact) mass is 238 g/mol. The van der Waals surface area contributed by atoms with Crippen molar-refractivity contribution in [2.75, 3.05) is 11.9 Å². The molecule has 0 fully saturated rings. The van der Waals surface area contributed by atoms with E-state index in [2.05, 4.69) is 5.32 Å². The molecule has 16 heavy (non-hydrogen) atoms. The highest BCUT2D eigenvalue weighted by atomic mass is 35.5. The zero-order valence-electron chi connectivity index (χ0n) is 8.74. The molecule has 0 heterocycles. The Balaban J connectivity index is 2.71. The first-order chi connectivity index (χ1) is 7.63. The van der Waals surface area contributed by atoms with Gasteiger partial charge >= 0.3 is 0 Å². The quantitative estimate of drug-likeness (QED) is 0.818. The van der Waals surface area contributed by atoms with Crippen LogP contribution in [0, 0.1) is 11.3 Å². The Bertz CT molecular complexity index is 415. The average Bonchev–Trinajstić information content (AvgIpc) is 2.26. The molecule has 4 nitrogen and oxygen atoms in total. The number of anilines is 1. The molecule has 0 radical (unpaired) electrons. The highest BCUT2D eigenvalue weighted by molar-refractivity contribution is 6.22. The number of hydrogen-bond acceptors (Lipinski definition) is 3. The van der Waals surface area contributed by atoms with Crippen molar-refractivity contribution in [2.45, 2.75) is 12.3 Å². The molecule has 0 aliphatic carbocycles. The van der Waals surface area contributed by atoms with E-state index in [1.165, 1.54) is 6.92 Å². The van der Waals surface area contributed by atoms with Gasteiger partial charge in [0.2, 0.25) is 5.91 Å². The number of benzene rings is 1. The van der Waals surface area contributed by atoms with Crippen molar-refractivity contribution in [3.05, 3.63) is 24.3 Å². The van der Waals surface area contributed by atoms with E-state index in [9.17, 15) is 4.79 Å². The van der Waals surface area contributed by atoms with Crippen molar-refractivity contribution < 1.29 is 9.53 Å². The summed E-state index contributed by atoms with van der Waals surface area (Å²) in [6.07, 6.45) is 0. The molecule has 0 aromatic heterocycles. The summed E-state index contributed by atoms with van der Waals surface area (Å²) in [6.45, 7) is 1.49. The lowest BCUT2D eigenvalue weighted by Gasteiger charge is -2.11. The molecule has 0 aliphatic heterocycles. The van der Waals surface area contributed by atoms with E-state index < -0.39 is 5.38 Å². The van der Waals surface area contributed by atoms with Gasteiger partial charge in [-0.25, -0.2) is 0 Å². The second-order valence-electron chi connectivity index (χ2n) is 3.08. The molecule has 84 valence electrons. The van der Waals surface area contributed by atoms with Gasteiger partial charge in [0.25, 0.3) is 0 Å². The first-order valence-corrected chi connectivity index (χ1v) is 5.10. The van der Waals surface area contributed by atoms with Crippen molar-refractivity contribution in [1.82, 2.24) is 0 Å². The van der Waals surface area contributed by atoms with Crippen LogP contribution in [0.3, 0.4) is 0 Å². The summed E-state index contributed by atoms with van der Waals surface area (Å²) in [6, 6.07) is 8.82. The van der Waals surface area contributed by atoms with E-state index in [0.29, 0.717) is 11.4 Å². The zero-order chi connectivity index (χ0) is 12.0. The lowest BCUT2D eigenvalue weighted by Crippen LogP contribution is -2.12. The second-order valence-corrected chi connectivity index (χ2v) is 3.61. The van der Waals surface area contributed by atoms with Crippen LogP contribution >= 0.6 is 11.6 Å². The lowest BCUT2D eigenvalue weighted by molar-refractivity contribution is -0.114. The van der Waals surface area contributed by atoms with Gasteiger partial charge in [0.1, 0.15) is 12.4 Å². The average molecular weight is 239 g/mol. The first-order valence-electron chi connectivity index (χ1n) is 4.66. The van der Waals surface area contributed by atoms with Gasteiger partial charge in [-0.3, -0.25) is 4.79 Å². The molecule has 1 rings (SSSR count). The maximum absolute atomic E-state index is 10.9. The van der Waals surface area contributed by atoms with Crippen molar-refractivity contribution in [2.24, 2.45) is 0 Å². The smallest absolute Gasteiger partial charge is 0.221 e. The molecule has 5 heteroatoms. The highest BCUT2D eigenvalue weighted by Crippen LogP contribution is 2.23. The molecule has 1 amide bonds. The Morgan fingerprint density at radius 2 is 2.31 bits per heavy atom. The Kier molecular flexibility index (Phi) is 4.62. The number of carbonyl (C=O) groups is 1. The van der Waals surface area contributed by atoms with Crippen LogP contribution in [0.15, 0.2) is 24.3 Å². The van der Waals surface area contributed by atoms with Crippen LogP contribution in [-0.4, -0.2) is 17.9 Å². The predicted octanol–water partition coefficient (Wildman–Crippen LogP) is 2.15. The molecule has 0 saturated carbocycles. The fourth-order valence-electron chi connectivity index (χ4n) is 1.09. The summed E-state index contributed by atoms with van der Waals surface area (Å²) in [5, 5.41) is 10.4. The molecule has 0 bridgehead atoms. The molecule has 1 aromatic rings. The number of hydrogen-bond donors (Lipinski definition) is 1. The van der Waals surface area contributed by atoms with Crippen LogP contribution in [-0.2, 0) is 4.79 Å². The van der Waals surface area contributed by atoms with Gasteiger partial charge in [0, 0.05) is 6.92 Å². The van der Waals surface area contributed by atoms with Gasteiger partial charge in [-0.05, 0) is 12.1 Å². The second kappa shape index (κ2) is 5.99. The Morgan fingerprint density at radius 3 is 2.94 bits per heavy atom. The summed E-state index contributed by atoms with van der Waals surface area (Å²) in [7, 11) is 0. The molecule has 0 saturated heterocycles. The van der Waals surface area contributed by atoms with E-state index >= 15 is 0 Å². The van der Waals surface area contributed by atoms with Crippen LogP contribution in [0.5, 0.6) is 5.75 Å². The van der Waals surface area contributed by atoms with E-state index in [-0.39, 0.29) is 12.5 Å². The third-order valence-electron chi connectivity index (χ3n) is 1.72. The van der Waals surface area contributed by atoms with E-state index in [1.54, 1.807) is 24.3 Å². The van der Waals surface area contributed by atoms with Crippen molar-refractivity contribution >= 4 is 23.2 Å².